The Balaban J connectivity index is 1.50. The molecule has 1 aliphatic rings. The molecule has 0 atom stereocenters. The lowest BCUT2D eigenvalue weighted by molar-refractivity contribution is -0.120. The molecule has 166 valence electrons. The van der Waals surface area contributed by atoms with Gasteiger partial charge in [-0.2, -0.15) is 0 Å². The van der Waals surface area contributed by atoms with Crippen molar-refractivity contribution in [1.82, 2.24) is 0 Å². The molecule has 0 spiro atoms. The molecular weight excluding hydrogens is 508 g/mol. The summed E-state index contributed by atoms with van der Waals surface area (Å²) in [5.74, 6) is -1.71. The third kappa shape index (κ3) is 4.99. The smallest absolute Gasteiger partial charge is 0.283 e. The van der Waals surface area contributed by atoms with Gasteiger partial charge in [-0.05, 0) is 60.7 Å². The summed E-state index contributed by atoms with van der Waals surface area (Å²) in [4.78, 5) is 38.8. The summed E-state index contributed by atoms with van der Waals surface area (Å²) >= 11 is 24.1. The number of amides is 3. The van der Waals surface area contributed by atoms with E-state index in [-0.39, 0.29) is 32.4 Å². The normalized spacial score (nSPS) is 13.5. The van der Waals surface area contributed by atoms with Crippen molar-refractivity contribution in [3.63, 3.8) is 0 Å². The molecule has 1 aliphatic heterocycles. The average Bonchev–Trinajstić information content (AvgIpc) is 2.96. The van der Waals surface area contributed by atoms with E-state index >= 15 is 0 Å². The number of hydrogen-bond donors (Lipinski definition) is 2. The molecule has 0 aromatic heterocycles. The lowest BCUT2D eigenvalue weighted by Crippen LogP contribution is -2.32. The molecular formula is C23H13Cl4N3O3. The van der Waals surface area contributed by atoms with Crippen molar-refractivity contribution in [2.45, 2.75) is 0 Å². The van der Waals surface area contributed by atoms with Crippen LogP contribution in [-0.4, -0.2) is 17.7 Å². The highest BCUT2D eigenvalue weighted by molar-refractivity contribution is 6.53. The molecule has 1 heterocycles. The Kier molecular flexibility index (Phi) is 6.63. The van der Waals surface area contributed by atoms with Crippen LogP contribution in [0.1, 0.15) is 10.4 Å². The number of anilines is 3. The minimum atomic E-state index is -0.708. The maximum atomic E-state index is 12.9. The number of hydrogen-bond acceptors (Lipinski definition) is 4. The van der Waals surface area contributed by atoms with Gasteiger partial charge in [0.1, 0.15) is 10.7 Å². The number of benzene rings is 3. The number of carbonyl (C=O) groups excluding carboxylic acids is 3. The summed E-state index contributed by atoms with van der Waals surface area (Å²) < 4.78 is 0. The molecule has 0 radical (unpaired) electrons. The molecule has 0 fully saturated rings. The van der Waals surface area contributed by atoms with Crippen LogP contribution in [0.5, 0.6) is 0 Å². The maximum Gasteiger partial charge on any atom is 0.283 e. The summed E-state index contributed by atoms with van der Waals surface area (Å²) in [6, 6.07) is 17.4. The molecule has 10 heteroatoms. The van der Waals surface area contributed by atoms with E-state index in [0.29, 0.717) is 22.0 Å². The van der Waals surface area contributed by atoms with Crippen molar-refractivity contribution < 1.29 is 14.4 Å². The molecule has 0 aliphatic carbocycles. The SMILES string of the molecule is O=C(Nc1cccc(Cl)c1)c1ccc(NC2=C(Cl)C(=O)N(c3cc(Cl)cc(Cl)c3)C2=O)cc1. The minimum absolute atomic E-state index is 0.103. The largest absolute Gasteiger partial charge is 0.350 e. The average molecular weight is 521 g/mol. The van der Waals surface area contributed by atoms with Crippen molar-refractivity contribution in [1.29, 1.82) is 0 Å². The van der Waals surface area contributed by atoms with Crippen LogP contribution in [-0.2, 0) is 9.59 Å². The Labute approximate surface area is 208 Å². The topological polar surface area (TPSA) is 78.5 Å². The van der Waals surface area contributed by atoms with E-state index < -0.39 is 11.8 Å². The van der Waals surface area contributed by atoms with Gasteiger partial charge in [-0.3, -0.25) is 14.4 Å². The molecule has 6 nitrogen and oxygen atoms in total. The molecule has 4 rings (SSSR count). The highest BCUT2D eigenvalue weighted by Gasteiger charge is 2.39. The fourth-order valence-electron chi connectivity index (χ4n) is 3.13. The van der Waals surface area contributed by atoms with E-state index in [0.717, 1.165) is 4.90 Å². The van der Waals surface area contributed by atoms with E-state index in [9.17, 15) is 14.4 Å². The molecule has 3 aromatic carbocycles. The number of nitrogens with zero attached hydrogens (tertiary/aromatic N) is 1. The molecule has 2 N–H and O–H groups in total. The van der Waals surface area contributed by atoms with E-state index in [1.54, 1.807) is 48.5 Å². The highest BCUT2D eigenvalue weighted by Crippen LogP contribution is 2.33. The summed E-state index contributed by atoms with van der Waals surface area (Å²) in [5, 5.41) is 6.34. The quantitative estimate of drug-likeness (QED) is 0.385. The minimum Gasteiger partial charge on any atom is -0.350 e. The van der Waals surface area contributed by atoms with Gasteiger partial charge in [0.25, 0.3) is 17.7 Å². The van der Waals surface area contributed by atoms with Crippen molar-refractivity contribution in [2.75, 3.05) is 15.5 Å². The van der Waals surface area contributed by atoms with Crippen LogP contribution in [0.2, 0.25) is 15.1 Å². The van der Waals surface area contributed by atoms with Gasteiger partial charge in [0.15, 0.2) is 0 Å². The Morgan fingerprint density at radius 3 is 2.03 bits per heavy atom. The Hall–Kier alpha value is -3.03. The Morgan fingerprint density at radius 1 is 0.727 bits per heavy atom. The molecule has 0 saturated heterocycles. The predicted octanol–water partition coefficient (Wildman–Crippen LogP) is 6.33. The van der Waals surface area contributed by atoms with Crippen molar-refractivity contribution >= 4 is 81.2 Å². The lowest BCUT2D eigenvalue weighted by atomic mass is 10.2. The lowest BCUT2D eigenvalue weighted by Gasteiger charge is -2.16. The van der Waals surface area contributed by atoms with Gasteiger partial charge in [-0.1, -0.05) is 52.5 Å². The summed E-state index contributed by atoms with van der Waals surface area (Å²) in [6.45, 7) is 0. The van der Waals surface area contributed by atoms with Crippen LogP contribution in [0.4, 0.5) is 17.1 Å². The van der Waals surface area contributed by atoms with Crippen LogP contribution >= 0.6 is 46.4 Å². The first-order chi connectivity index (χ1) is 15.7. The van der Waals surface area contributed by atoms with Crippen molar-refractivity contribution in [3.8, 4) is 0 Å². The predicted molar refractivity (Wildman–Crippen MR) is 131 cm³/mol. The summed E-state index contributed by atoms with van der Waals surface area (Å²) in [7, 11) is 0. The molecule has 0 saturated carbocycles. The van der Waals surface area contributed by atoms with Gasteiger partial charge in [-0.25, -0.2) is 4.90 Å². The zero-order valence-electron chi connectivity index (χ0n) is 16.5. The van der Waals surface area contributed by atoms with E-state index in [1.165, 1.54) is 18.2 Å². The zero-order chi connectivity index (χ0) is 23.7. The van der Waals surface area contributed by atoms with E-state index in [4.69, 9.17) is 46.4 Å². The first-order valence-electron chi connectivity index (χ1n) is 9.41. The van der Waals surface area contributed by atoms with Crippen LogP contribution in [0.3, 0.4) is 0 Å². The van der Waals surface area contributed by atoms with Crippen molar-refractivity contribution in [2.24, 2.45) is 0 Å². The molecule has 33 heavy (non-hydrogen) atoms. The van der Waals surface area contributed by atoms with Crippen LogP contribution in [0.25, 0.3) is 0 Å². The number of rotatable bonds is 5. The summed E-state index contributed by atoms with van der Waals surface area (Å²) in [6.07, 6.45) is 0. The number of imide groups is 1. The third-order valence-electron chi connectivity index (χ3n) is 4.63. The molecule has 3 amide bonds. The number of halogens is 4. The third-order valence-corrected chi connectivity index (χ3v) is 5.65. The molecule has 0 unspecified atom stereocenters. The van der Waals surface area contributed by atoms with E-state index in [2.05, 4.69) is 10.6 Å². The fourth-order valence-corrected chi connectivity index (χ4v) is 4.05. The monoisotopic (exact) mass is 519 g/mol. The standard InChI is InChI=1S/C23H13Cl4N3O3/c24-13-2-1-3-17(9-13)29-21(31)12-4-6-16(7-5-12)28-20-19(27)22(32)30(23(20)33)18-10-14(25)8-15(26)11-18/h1-11,28H,(H,29,31). The van der Waals surface area contributed by atoms with Crippen LogP contribution in [0.15, 0.2) is 77.5 Å². The van der Waals surface area contributed by atoms with Gasteiger partial charge in [0.2, 0.25) is 0 Å². The van der Waals surface area contributed by atoms with Gasteiger partial charge in [0.05, 0.1) is 5.69 Å². The zero-order valence-corrected chi connectivity index (χ0v) is 19.6. The highest BCUT2D eigenvalue weighted by atomic mass is 35.5. The van der Waals surface area contributed by atoms with Gasteiger partial charge >= 0.3 is 0 Å². The number of carbonyl (C=O) groups is 3. The Morgan fingerprint density at radius 2 is 1.39 bits per heavy atom. The second-order valence-corrected chi connectivity index (χ2v) is 8.62. The molecule has 0 bridgehead atoms. The van der Waals surface area contributed by atoms with E-state index in [1.807, 2.05) is 0 Å². The second kappa shape index (κ2) is 9.45. The van der Waals surface area contributed by atoms with Gasteiger partial charge in [0, 0.05) is 32.0 Å². The maximum absolute atomic E-state index is 12.9. The van der Waals surface area contributed by atoms with Gasteiger partial charge < -0.3 is 10.6 Å². The fraction of sp³-hybridized carbons (Fsp3) is 0. The summed E-state index contributed by atoms with van der Waals surface area (Å²) in [5.41, 5.74) is 1.49. The Bertz CT molecular complexity index is 1300. The van der Waals surface area contributed by atoms with Crippen molar-refractivity contribution in [3.05, 3.63) is 98.1 Å². The first kappa shape index (κ1) is 23.1. The molecule has 3 aromatic rings. The number of nitrogens with one attached hydrogen (secondary N) is 2. The van der Waals surface area contributed by atoms with Gasteiger partial charge in [-0.15, -0.1) is 0 Å². The van der Waals surface area contributed by atoms with Crippen LogP contribution < -0.4 is 15.5 Å². The second-order valence-electron chi connectivity index (χ2n) is 6.93. The first-order valence-corrected chi connectivity index (χ1v) is 10.9. The van der Waals surface area contributed by atoms with Crippen LogP contribution in [0, 0.1) is 0 Å².